The highest BCUT2D eigenvalue weighted by Crippen LogP contribution is 2.16. The molecule has 0 aromatic rings. The highest BCUT2D eigenvalue weighted by molar-refractivity contribution is 4.90. The molecule has 1 rings (SSSR count). The minimum absolute atomic E-state index is 0.336. The zero-order chi connectivity index (χ0) is 6.20. The second-order valence-corrected chi connectivity index (χ2v) is 2.95. The fourth-order valence-electron chi connectivity index (χ4n) is 0.892. The topological polar surface area (TPSA) is 32.3 Å². The average molecular weight is 115 g/mol. The molecule has 8 heavy (non-hydrogen) atoms. The summed E-state index contributed by atoms with van der Waals surface area (Å²) in [5, 5.41) is 12.4. The van der Waals surface area contributed by atoms with Crippen LogP contribution in [0.2, 0.25) is 0 Å². The zero-order valence-corrected chi connectivity index (χ0v) is 5.44. The summed E-state index contributed by atoms with van der Waals surface area (Å²) in [6, 6.07) is 0.336. The van der Waals surface area contributed by atoms with Crippen LogP contribution < -0.4 is 5.32 Å². The number of aliphatic hydroxyl groups is 1. The van der Waals surface area contributed by atoms with E-state index in [0.717, 1.165) is 13.0 Å². The standard InChI is InChI=1S/C6H13NO/c1-6(2,8)5-3-4-7-5/h5,7-8H,3-4H2,1-2H3. The Morgan fingerprint density at radius 2 is 2.12 bits per heavy atom. The summed E-state index contributed by atoms with van der Waals surface area (Å²) in [5.41, 5.74) is -0.516. The van der Waals surface area contributed by atoms with Crippen LogP contribution in [-0.4, -0.2) is 23.3 Å². The van der Waals surface area contributed by atoms with Gasteiger partial charge in [0.2, 0.25) is 0 Å². The average Bonchev–Trinajstić information content (AvgIpc) is 1.16. The molecule has 1 heterocycles. The van der Waals surface area contributed by atoms with Gasteiger partial charge in [-0.25, -0.2) is 0 Å². The van der Waals surface area contributed by atoms with E-state index >= 15 is 0 Å². The monoisotopic (exact) mass is 115 g/mol. The van der Waals surface area contributed by atoms with Crippen molar-refractivity contribution in [3.63, 3.8) is 0 Å². The van der Waals surface area contributed by atoms with Crippen LogP contribution in [-0.2, 0) is 0 Å². The minimum atomic E-state index is -0.516. The summed E-state index contributed by atoms with van der Waals surface area (Å²) >= 11 is 0. The number of hydrogen-bond donors (Lipinski definition) is 2. The summed E-state index contributed by atoms with van der Waals surface area (Å²) in [5.74, 6) is 0. The van der Waals surface area contributed by atoms with Crippen molar-refractivity contribution in [1.29, 1.82) is 0 Å². The van der Waals surface area contributed by atoms with Gasteiger partial charge in [-0.05, 0) is 26.8 Å². The fourth-order valence-corrected chi connectivity index (χ4v) is 0.892. The second kappa shape index (κ2) is 1.71. The zero-order valence-electron chi connectivity index (χ0n) is 5.44. The van der Waals surface area contributed by atoms with Gasteiger partial charge in [0, 0.05) is 6.04 Å². The van der Waals surface area contributed by atoms with Crippen molar-refractivity contribution in [2.24, 2.45) is 0 Å². The molecule has 1 atom stereocenters. The molecule has 2 nitrogen and oxygen atoms in total. The lowest BCUT2D eigenvalue weighted by Crippen LogP contribution is -2.55. The highest BCUT2D eigenvalue weighted by Gasteiger charge is 2.30. The lowest BCUT2D eigenvalue weighted by Gasteiger charge is -2.37. The summed E-state index contributed by atoms with van der Waals surface area (Å²) in [4.78, 5) is 0. The van der Waals surface area contributed by atoms with Crippen LogP contribution in [0.3, 0.4) is 0 Å². The SMILES string of the molecule is CC(C)(O)C1CCN1. The Labute approximate surface area is 49.9 Å². The second-order valence-electron chi connectivity index (χ2n) is 2.95. The molecule has 0 aromatic heterocycles. The predicted octanol–water partition coefficient (Wildman–Crippen LogP) is 0.119. The molecule has 48 valence electrons. The van der Waals surface area contributed by atoms with Crippen LogP contribution in [0.4, 0.5) is 0 Å². The van der Waals surface area contributed by atoms with Gasteiger partial charge in [-0.1, -0.05) is 0 Å². The lowest BCUT2D eigenvalue weighted by molar-refractivity contribution is 0.0127. The Bertz CT molecular complexity index is 81.0. The Balaban J connectivity index is 2.34. The molecule has 1 fully saturated rings. The van der Waals surface area contributed by atoms with Crippen molar-refractivity contribution in [3.05, 3.63) is 0 Å². The maximum Gasteiger partial charge on any atom is 0.0744 e. The Kier molecular flexibility index (Phi) is 1.29. The van der Waals surface area contributed by atoms with Crippen LogP contribution in [0.25, 0.3) is 0 Å². The van der Waals surface area contributed by atoms with E-state index in [1.807, 2.05) is 13.8 Å². The van der Waals surface area contributed by atoms with E-state index in [1.165, 1.54) is 0 Å². The van der Waals surface area contributed by atoms with Crippen LogP contribution in [0, 0.1) is 0 Å². The largest absolute Gasteiger partial charge is 0.389 e. The molecule has 0 spiro atoms. The number of hydrogen-bond acceptors (Lipinski definition) is 2. The van der Waals surface area contributed by atoms with E-state index in [-0.39, 0.29) is 0 Å². The first-order chi connectivity index (χ1) is 3.61. The van der Waals surface area contributed by atoms with Crippen molar-refractivity contribution in [3.8, 4) is 0 Å². The van der Waals surface area contributed by atoms with E-state index in [0.29, 0.717) is 6.04 Å². The van der Waals surface area contributed by atoms with Crippen LogP contribution in [0.15, 0.2) is 0 Å². The maximum atomic E-state index is 9.27. The summed E-state index contributed by atoms with van der Waals surface area (Å²) in [6.07, 6.45) is 1.11. The van der Waals surface area contributed by atoms with Crippen molar-refractivity contribution >= 4 is 0 Å². The van der Waals surface area contributed by atoms with E-state index in [1.54, 1.807) is 0 Å². The summed E-state index contributed by atoms with van der Waals surface area (Å²) in [6.45, 7) is 4.74. The molecule has 0 aliphatic carbocycles. The van der Waals surface area contributed by atoms with Crippen LogP contribution in [0.5, 0.6) is 0 Å². The molecule has 2 N–H and O–H groups in total. The van der Waals surface area contributed by atoms with Gasteiger partial charge in [0.15, 0.2) is 0 Å². The molecule has 1 aliphatic rings. The molecule has 1 unspecified atom stereocenters. The number of nitrogens with one attached hydrogen (secondary N) is 1. The van der Waals surface area contributed by atoms with Crippen molar-refractivity contribution in [2.75, 3.05) is 6.54 Å². The van der Waals surface area contributed by atoms with E-state index in [9.17, 15) is 5.11 Å². The molecule has 0 saturated carbocycles. The quantitative estimate of drug-likeness (QED) is 0.508. The minimum Gasteiger partial charge on any atom is -0.389 e. The van der Waals surface area contributed by atoms with Crippen molar-refractivity contribution in [1.82, 2.24) is 5.32 Å². The number of rotatable bonds is 1. The Morgan fingerprint density at radius 3 is 2.12 bits per heavy atom. The molecule has 2 heteroatoms. The highest BCUT2D eigenvalue weighted by atomic mass is 16.3. The van der Waals surface area contributed by atoms with Crippen molar-refractivity contribution in [2.45, 2.75) is 31.9 Å². The Morgan fingerprint density at radius 1 is 1.62 bits per heavy atom. The van der Waals surface area contributed by atoms with Gasteiger partial charge in [0.25, 0.3) is 0 Å². The molecular formula is C6H13NO. The third-order valence-corrected chi connectivity index (χ3v) is 1.68. The predicted molar refractivity (Wildman–Crippen MR) is 32.7 cm³/mol. The third-order valence-electron chi connectivity index (χ3n) is 1.68. The molecule has 0 amide bonds. The normalized spacial score (nSPS) is 29.6. The van der Waals surface area contributed by atoms with Crippen LogP contribution in [0.1, 0.15) is 20.3 Å². The molecular weight excluding hydrogens is 102 g/mol. The van der Waals surface area contributed by atoms with Gasteiger partial charge < -0.3 is 10.4 Å². The first kappa shape index (κ1) is 6.05. The van der Waals surface area contributed by atoms with Crippen molar-refractivity contribution < 1.29 is 5.11 Å². The third kappa shape index (κ3) is 1.01. The first-order valence-electron chi connectivity index (χ1n) is 3.06. The molecule has 0 radical (unpaired) electrons. The van der Waals surface area contributed by atoms with E-state index in [2.05, 4.69) is 5.32 Å². The fraction of sp³-hybridized carbons (Fsp3) is 1.00. The van der Waals surface area contributed by atoms with E-state index < -0.39 is 5.60 Å². The van der Waals surface area contributed by atoms with Gasteiger partial charge in [-0.15, -0.1) is 0 Å². The van der Waals surface area contributed by atoms with Gasteiger partial charge in [0.1, 0.15) is 0 Å². The summed E-state index contributed by atoms with van der Waals surface area (Å²) < 4.78 is 0. The Hall–Kier alpha value is -0.0800. The lowest BCUT2D eigenvalue weighted by atomic mass is 9.91. The van der Waals surface area contributed by atoms with Gasteiger partial charge in [-0.2, -0.15) is 0 Å². The maximum absolute atomic E-state index is 9.27. The molecule has 0 bridgehead atoms. The van der Waals surface area contributed by atoms with Gasteiger partial charge in [-0.3, -0.25) is 0 Å². The summed E-state index contributed by atoms with van der Waals surface area (Å²) in [7, 11) is 0. The molecule has 1 saturated heterocycles. The van der Waals surface area contributed by atoms with E-state index in [4.69, 9.17) is 0 Å². The van der Waals surface area contributed by atoms with Crippen LogP contribution >= 0.6 is 0 Å². The smallest absolute Gasteiger partial charge is 0.0744 e. The molecule has 0 aromatic carbocycles. The van der Waals surface area contributed by atoms with Gasteiger partial charge in [0.05, 0.1) is 5.60 Å². The van der Waals surface area contributed by atoms with Gasteiger partial charge >= 0.3 is 0 Å². The molecule has 1 aliphatic heterocycles. The first-order valence-corrected chi connectivity index (χ1v) is 3.06.